The average Bonchev–Trinajstić information content (AvgIpc) is 2.72. The van der Waals surface area contributed by atoms with Gasteiger partial charge in [-0.1, -0.05) is 31.7 Å². The Bertz CT molecular complexity index is 459. The Balaban J connectivity index is 0.00000242. The van der Waals surface area contributed by atoms with Crippen LogP contribution in [0.1, 0.15) is 48.9 Å². The molecule has 0 spiro atoms. The van der Waals surface area contributed by atoms with E-state index in [9.17, 15) is 9.18 Å². The molecule has 1 fully saturated rings. The van der Waals surface area contributed by atoms with Crippen molar-refractivity contribution >= 4 is 34.2 Å². The summed E-state index contributed by atoms with van der Waals surface area (Å²) in [4.78, 5) is 12.0. The van der Waals surface area contributed by atoms with Gasteiger partial charge in [0.05, 0.1) is 5.56 Å². The van der Waals surface area contributed by atoms with E-state index in [-0.39, 0.29) is 23.9 Å². The molecule has 1 aromatic rings. The smallest absolute Gasteiger partial charge is 0.255 e. The summed E-state index contributed by atoms with van der Waals surface area (Å²) in [5.74, 6) is -0.874. The number of benzene rings is 1. The van der Waals surface area contributed by atoms with Crippen molar-refractivity contribution in [3.63, 3.8) is 0 Å². The molecule has 0 unspecified atom stereocenters. The quantitative estimate of drug-likeness (QED) is 0.585. The second-order valence-corrected chi connectivity index (χ2v) is 6.35. The zero-order valence-corrected chi connectivity index (χ0v) is 14.9. The van der Waals surface area contributed by atoms with Crippen LogP contribution in [0.5, 0.6) is 0 Å². The summed E-state index contributed by atoms with van der Waals surface area (Å²) in [6.07, 6.45) is 7.66. The number of hydrogen-bond acceptors (Lipinski definition) is 2. The lowest BCUT2D eigenvalue weighted by molar-refractivity contribution is 0.0948. The first-order valence-electron chi connectivity index (χ1n) is 7.64. The molecule has 1 saturated carbocycles. The monoisotopic (exact) mass is 392 g/mol. The van der Waals surface area contributed by atoms with Crippen molar-refractivity contribution in [1.82, 2.24) is 10.6 Å². The minimum atomic E-state index is -0.501. The molecular weight excluding hydrogens is 371 g/mol. The molecule has 1 aromatic carbocycles. The van der Waals surface area contributed by atoms with Crippen molar-refractivity contribution in [2.75, 3.05) is 13.1 Å². The maximum atomic E-state index is 13.6. The van der Waals surface area contributed by atoms with Crippen molar-refractivity contribution in [2.45, 2.75) is 44.6 Å². The number of amides is 1. The highest BCUT2D eigenvalue weighted by Crippen LogP contribution is 2.19. The molecule has 1 amide bonds. The Hall–Kier alpha value is -0.650. The number of halogens is 3. The Morgan fingerprint density at radius 3 is 2.50 bits per heavy atom. The maximum absolute atomic E-state index is 13.6. The third kappa shape index (κ3) is 5.86. The lowest BCUT2D eigenvalue weighted by atomic mass is 10.1. The zero-order chi connectivity index (χ0) is 15.1. The van der Waals surface area contributed by atoms with Crippen LogP contribution < -0.4 is 10.6 Å². The molecule has 6 heteroatoms. The van der Waals surface area contributed by atoms with Gasteiger partial charge in [-0.3, -0.25) is 4.79 Å². The van der Waals surface area contributed by atoms with E-state index < -0.39 is 5.82 Å². The fourth-order valence-electron chi connectivity index (χ4n) is 2.74. The van der Waals surface area contributed by atoms with Gasteiger partial charge in [0.25, 0.3) is 5.91 Å². The first-order chi connectivity index (χ1) is 10.2. The van der Waals surface area contributed by atoms with E-state index in [4.69, 9.17) is 0 Å². The average molecular weight is 394 g/mol. The van der Waals surface area contributed by atoms with E-state index in [0.29, 0.717) is 17.1 Å². The van der Waals surface area contributed by atoms with E-state index in [0.717, 1.165) is 6.54 Å². The van der Waals surface area contributed by atoms with Gasteiger partial charge < -0.3 is 10.6 Å². The van der Waals surface area contributed by atoms with Gasteiger partial charge >= 0.3 is 0 Å². The molecule has 0 saturated heterocycles. The lowest BCUT2D eigenvalue weighted by Gasteiger charge is -2.16. The summed E-state index contributed by atoms with van der Waals surface area (Å²) in [6, 6.07) is 5.10. The van der Waals surface area contributed by atoms with Gasteiger partial charge in [0, 0.05) is 23.6 Å². The van der Waals surface area contributed by atoms with E-state index in [2.05, 4.69) is 26.6 Å². The van der Waals surface area contributed by atoms with Crippen LogP contribution in [-0.2, 0) is 0 Å². The van der Waals surface area contributed by atoms with Crippen LogP contribution in [0, 0.1) is 5.82 Å². The standard InChI is InChI=1S/C16H22BrFN2O.ClH/c17-13-8-5-9-14(18)15(13)16(21)20-11-10-19-12-6-3-1-2-4-7-12;/h5,8-9,12,19H,1-4,6-7,10-11H2,(H,20,21);1H. The van der Waals surface area contributed by atoms with Gasteiger partial charge in [-0.05, 0) is 40.9 Å². The topological polar surface area (TPSA) is 41.1 Å². The highest BCUT2D eigenvalue weighted by atomic mass is 79.9. The summed E-state index contributed by atoms with van der Waals surface area (Å²) < 4.78 is 14.1. The molecule has 0 heterocycles. The molecule has 1 aliphatic carbocycles. The molecule has 3 nitrogen and oxygen atoms in total. The minimum Gasteiger partial charge on any atom is -0.351 e. The van der Waals surface area contributed by atoms with Crippen LogP contribution in [-0.4, -0.2) is 25.0 Å². The van der Waals surface area contributed by atoms with Crippen LogP contribution in [0.3, 0.4) is 0 Å². The summed E-state index contributed by atoms with van der Waals surface area (Å²) in [5, 5.41) is 6.24. The van der Waals surface area contributed by atoms with Crippen LogP contribution in [0.25, 0.3) is 0 Å². The number of hydrogen-bond donors (Lipinski definition) is 2. The summed E-state index contributed by atoms with van der Waals surface area (Å²) >= 11 is 3.21. The maximum Gasteiger partial charge on any atom is 0.255 e. The van der Waals surface area contributed by atoms with Gasteiger partial charge in [-0.2, -0.15) is 0 Å². The third-order valence-corrected chi connectivity index (χ3v) is 4.55. The molecule has 0 radical (unpaired) electrons. The molecule has 22 heavy (non-hydrogen) atoms. The molecule has 0 aliphatic heterocycles. The molecule has 2 N–H and O–H groups in total. The Morgan fingerprint density at radius 2 is 1.86 bits per heavy atom. The first-order valence-corrected chi connectivity index (χ1v) is 8.43. The Kier molecular flexibility index (Phi) is 8.98. The first kappa shape index (κ1) is 19.4. The van der Waals surface area contributed by atoms with Crippen molar-refractivity contribution in [3.8, 4) is 0 Å². The van der Waals surface area contributed by atoms with Crippen LogP contribution >= 0.6 is 28.3 Å². The second-order valence-electron chi connectivity index (χ2n) is 5.50. The Labute approximate surface area is 146 Å². The number of nitrogens with one attached hydrogen (secondary N) is 2. The van der Waals surface area contributed by atoms with Crippen molar-refractivity contribution in [1.29, 1.82) is 0 Å². The normalized spacial score (nSPS) is 15.7. The molecule has 0 atom stereocenters. The molecular formula is C16H23BrClFN2O. The van der Waals surface area contributed by atoms with Crippen LogP contribution in [0.4, 0.5) is 4.39 Å². The predicted octanol–water partition coefficient (Wildman–Crippen LogP) is 4.05. The SMILES string of the molecule is Cl.O=C(NCCNC1CCCCCC1)c1c(F)cccc1Br. The molecule has 2 rings (SSSR count). The number of carbonyl (C=O) groups excluding carboxylic acids is 1. The molecule has 0 aromatic heterocycles. The van der Waals surface area contributed by atoms with Crippen LogP contribution in [0.15, 0.2) is 22.7 Å². The lowest BCUT2D eigenvalue weighted by Crippen LogP contribution is -2.37. The van der Waals surface area contributed by atoms with E-state index in [1.807, 2.05) is 0 Å². The second kappa shape index (κ2) is 10.2. The van der Waals surface area contributed by atoms with Gasteiger partial charge in [0.1, 0.15) is 5.82 Å². The largest absolute Gasteiger partial charge is 0.351 e. The van der Waals surface area contributed by atoms with Crippen molar-refractivity contribution < 1.29 is 9.18 Å². The zero-order valence-electron chi connectivity index (χ0n) is 12.5. The summed E-state index contributed by atoms with van der Waals surface area (Å²) in [7, 11) is 0. The minimum absolute atomic E-state index is 0. The van der Waals surface area contributed by atoms with Gasteiger partial charge in [-0.15, -0.1) is 12.4 Å². The highest BCUT2D eigenvalue weighted by molar-refractivity contribution is 9.10. The number of rotatable bonds is 5. The van der Waals surface area contributed by atoms with Gasteiger partial charge in [-0.25, -0.2) is 4.39 Å². The summed E-state index contributed by atoms with van der Waals surface area (Å²) in [6.45, 7) is 1.23. The number of carbonyl (C=O) groups is 1. The van der Waals surface area contributed by atoms with E-state index in [1.165, 1.54) is 44.6 Å². The Morgan fingerprint density at radius 1 is 1.18 bits per heavy atom. The van der Waals surface area contributed by atoms with E-state index in [1.54, 1.807) is 12.1 Å². The van der Waals surface area contributed by atoms with Crippen LogP contribution in [0.2, 0.25) is 0 Å². The molecule has 124 valence electrons. The molecule has 0 bridgehead atoms. The summed E-state index contributed by atoms with van der Waals surface area (Å²) in [5.41, 5.74) is 0.0759. The van der Waals surface area contributed by atoms with Crippen molar-refractivity contribution in [3.05, 3.63) is 34.1 Å². The highest BCUT2D eigenvalue weighted by Gasteiger charge is 2.15. The van der Waals surface area contributed by atoms with E-state index >= 15 is 0 Å². The fourth-order valence-corrected chi connectivity index (χ4v) is 3.26. The van der Waals surface area contributed by atoms with Gasteiger partial charge in [0.2, 0.25) is 0 Å². The van der Waals surface area contributed by atoms with Gasteiger partial charge in [0.15, 0.2) is 0 Å². The third-order valence-electron chi connectivity index (χ3n) is 3.89. The van der Waals surface area contributed by atoms with Crippen molar-refractivity contribution in [2.24, 2.45) is 0 Å². The fraction of sp³-hybridized carbons (Fsp3) is 0.562. The predicted molar refractivity (Wildman–Crippen MR) is 93.2 cm³/mol. The molecule has 1 aliphatic rings.